The zero-order valence-electron chi connectivity index (χ0n) is 16.8. The molecule has 23 heavy (non-hydrogen) atoms. The van der Waals surface area contributed by atoms with Crippen molar-refractivity contribution in [2.24, 2.45) is 0 Å². The molecule has 0 fully saturated rings. The molecule has 1 aromatic rings. The molecule has 1 aliphatic rings. The largest absolute Gasteiger partial charge is 0.490 e. The molecule has 1 heteroatoms. The summed E-state index contributed by atoms with van der Waals surface area (Å²) < 4.78 is 6.33. The van der Waals surface area contributed by atoms with E-state index in [9.17, 15) is 0 Å². The topological polar surface area (TPSA) is 9.23 Å². The molecule has 2 unspecified atom stereocenters. The van der Waals surface area contributed by atoms with Gasteiger partial charge in [0.1, 0.15) is 11.9 Å². The van der Waals surface area contributed by atoms with E-state index in [0.717, 1.165) is 12.2 Å². The smallest absolute Gasteiger partial charge is 0.121 e. The van der Waals surface area contributed by atoms with E-state index in [-0.39, 0.29) is 11.5 Å². The predicted molar refractivity (Wildman–Crippen MR) is 100 cm³/mol. The highest BCUT2D eigenvalue weighted by molar-refractivity contribution is 5.57. The Morgan fingerprint density at radius 2 is 1.57 bits per heavy atom. The number of hydrogen-bond acceptors (Lipinski definition) is 1. The van der Waals surface area contributed by atoms with Crippen LogP contribution in [0.4, 0.5) is 0 Å². The average molecular weight is 315 g/mol. The third-order valence-electron chi connectivity index (χ3n) is 5.36. The quantitative estimate of drug-likeness (QED) is 0.563. The number of rotatable bonds is 1. The average Bonchev–Trinajstić information content (AvgIpc) is 2.42. The third kappa shape index (κ3) is 2.84. The lowest BCUT2D eigenvalue weighted by Gasteiger charge is -2.39. The number of fused-ring (bicyclic) bond motifs is 1. The highest BCUT2D eigenvalue weighted by Gasteiger charge is 2.35. The lowest BCUT2D eigenvalue weighted by Crippen LogP contribution is -2.25. The number of allylic oxidation sites excluding steroid dienone is 2. The third-order valence-corrected chi connectivity index (χ3v) is 5.36. The fourth-order valence-electron chi connectivity index (χ4n) is 4.69. The van der Waals surface area contributed by atoms with Crippen molar-refractivity contribution in [1.82, 2.24) is 0 Å². The van der Waals surface area contributed by atoms with Gasteiger partial charge >= 0.3 is 0 Å². The molecule has 2 rings (SSSR count). The molecule has 0 saturated carbocycles. The van der Waals surface area contributed by atoms with Crippen LogP contribution in [0.3, 0.4) is 0 Å². The fraction of sp³-hybridized carbons (Fsp3) is 0.636. The van der Waals surface area contributed by atoms with Gasteiger partial charge in [-0.1, -0.05) is 34.6 Å². The second-order valence-corrected chi connectivity index (χ2v) is 8.38. The fourth-order valence-corrected chi connectivity index (χ4v) is 4.69. The van der Waals surface area contributed by atoms with Crippen molar-refractivity contribution in [2.45, 2.75) is 93.1 Å². The molecule has 1 aromatic carbocycles. The minimum Gasteiger partial charge on any atom is -0.490 e. The molecular weight excluding hydrogens is 280 g/mol. The molecule has 0 spiro atoms. The lowest BCUT2D eigenvalue weighted by atomic mass is 9.71. The Kier molecular flexibility index (Phi) is 4.72. The predicted octanol–water partition coefficient (Wildman–Crippen LogP) is 6.65. The first kappa shape index (κ1) is 18.1. The number of benzene rings is 1. The summed E-state index contributed by atoms with van der Waals surface area (Å²) >= 11 is 0. The van der Waals surface area contributed by atoms with E-state index in [1.807, 2.05) is 0 Å². The van der Waals surface area contributed by atoms with Crippen LogP contribution >= 0.6 is 0 Å². The summed E-state index contributed by atoms with van der Waals surface area (Å²) in [4.78, 5) is 0. The molecule has 0 amide bonds. The van der Waals surface area contributed by atoms with Crippen molar-refractivity contribution >= 4 is 0 Å². The molecule has 0 bridgehead atoms. The van der Waals surface area contributed by atoms with E-state index >= 15 is 0 Å². The highest BCUT2D eigenvalue weighted by Crippen LogP contribution is 2.48. The first-order valence-electron chi connectivity index (χ1n) is 9.02. The monoisotopic (exact) mass is 314 g/mol. The van der Waals surface area contributed by atoms with Gasteiger partial charge in [-0.3, -0.25) is 0 Å². The van der Waals surface area contributed by atoms with Gasteiger partial charge in [0.05, 0.1) is 0 Å². The van der Waals surface area contributed by atoms with E-state index in [1.54, 1.807) is 5.56 Å². The summed E-state index contributed by atoms with van der Waals surface area (Å²) in [6, 6.07) is 0. The summed E-state index contributed by atoms with van der Waals surface area (Å²) in [5, 5.41) is 0. The van der Waals surface area contributed by atoms with Crippen LogP contribution in [0.2, 0.25) is 0 Å². The number of ether oxygens (including phenoxy) is 1. The SMILES string of the molecule is CCc1c(C)c2c(c(C)c1C(C)(C)C)C(C)C(=C(C)C)OC2C. The molecule has 0 aromatic heterocycles. The summed E-state index contributed by atoms with van der Waals surface area (Å²) in [6.07, 6.45) is 1.23. The second kappa shape index (κ2) is 6.00. The Morgan fingerprint density at radius 1 is 1.00 bits per heavy atom. The molecule has 0 saturated heterocycles. The Labute approximate surface area is 143 Å². The summed E-state index contributed by atoms with van der Waals surface area (Å²) in [6.45, 7) is 22.8. The number of hydrogen-bond donors (Lipinski definition) is 0. The summed E-state index contributed by atoms with van der Waals surface area (Å²) in [7, 11) is 0. The molecule has 1 nitrogen and oxygen atoms in total. The standard InChI is InChI=1S/C22H34O/c1-11-17-13(4)19-16(7)23-21(12(2)3)15(6)18(19)14(5)20(17)22(8,9)10/h15-16H,11H2,1-10H3. The molecule has 0 aliphatic carbocycles. The van der Waals surface area contributed by atoms with Crippen molar-refractivity contribution < 1.29 is 4.74 Å². The van der Waals surface area contributed by atoms with Gasteiger partial charge in [-0.15, -0.1) is 0 Å². The minimum atomic E-state index is 0.143. The van der Waals surface area contributed by atoms with Crippen LogP contribution in [0.15, 0.2) is 11.3 Å². The Bertz CT molecular complexity index is 652. The maximum absolute atomic E-state index is 6.33. The van der Waals surface area contributed by atoms with Crippen LogP contribution in [0.5, 0.6) is 0 Å². The van der Waals surface area contributed by atoms with Crippen molar-refractivity contribution in [1.29, 1.82) is 0 Å². The van der Waals surface area contributed by atoms with Gasteiger partial charge in [-0.2, -0.15) is 0 Å². The van der Waals surface area contributed by atoms with Crippen molar-refractivity contribution in [3.8, 4) is 0 Å². The van der Waals surface area contributed by atoms with E-state index in [1.165, 1.54) is 33.4 Å². The molecule has 1 heterocycles. The van der Waals surface area contributed by atoms with Gasteiger partial charge in [-0.25, -0.2) is 0 Å². The van der Waals surface area contributed by atoms with Crippen molar-refractivity contribution in [2.75, 3.05) is 0 Å². The second-order valence-electron chi connectivity index (χ2n) is 8.38. The van der Waals surface area contributed by atoms with Gasteiger partial charge in [0.15, 0.2) is 0 Å². The maximum atomic E-state index is 6.33. The van der Waals surface area contributed by atoms with Crippen LogP contribution in [-0.2, 0) is 16.6 Å². The minimum absolute atomic E-state index is 0.143. The van der Waals surface area contributed by atoms with Crippen LogP contribution in [0.1, 0.15) is 101 Å². The van der Waals surface area contributed by atoms with E-state index in [0.29, 0.717) is 5.92 Å². The van der Waals surface area contributed by atoms with Crippen LogP contribution in [-0.4, -0.2) is 0 Å². The first-order chi connectivity index (χ1) is 10.5. The molecule has 0 radical (unpaired) electrons. The van der Waals surface area contributed by atoms with Crippen LogP contribution < -0.4 is 0 Å². The Hall–Kier alpha value is -1.24. The van der Waals surface area contributed by atoms with E-state index in [4.69, 9.17) is 4.74 Å². The lowest BCUT2D eigenvalue weighted by molar-refractivity contribution is 0.102. The molecule has 2 atom stereocenters. The van der Waals surface area contributed by atoms with Crippen molar-refractivity contribution in [3.05, 3.63) is 44.7 Å². The van der Waals surface area contributed by atoms with E-state index in [2.05, 4.69) is 69.2 Å². The highest BCUT2D eigenvalue weighted by atomic mass is 16.5. The molecule has 0 N–H and O–H groups in total. The van der Waals surface area contributed by atoms with Gasteiger partial charge in [0, 0.05) is 5.92 Å². The Morgan fingerprint density at radius 3 is 2.00 bits per heavy atom. The molecular formula is C22H34O. The summed E-state index contributed by atoms with van der Waals surface area (Å²) in [5.74, 6) is 1.51. The zero-order valence-corrected chi connectivity index (χ0v) is 16.8. The van der Waals surface area contributed by atoms with Gasteiger partial charge in [0.2, 0.25) is 0 Å². The maximum Gasteiger partial charge on any atom is 0.121 e. The first-order valence-corrected chi connectivity index (χ1v) is 9.02. The zero-order chi connectivity index (χ0) is 17.7. The normalized spacial score (nSPS) is 21.0. The van der Waals surface area contributed by atoms with Crippen LogP contribution in [0, 0.1) is 13.8 Å². The van der Waals surface area contributed by atoms with Crippen molar-refractivity contribution in [3.63, 3.8) is 0 Å². The summed E-state index contributed by atoms with van der Waals surface area (Å²) in [5.41, 5.74) is 10.4. The molecule has 128 valence electrons. The van der Waals surface area contributed by atoms with Gasteiger partial charge in [0.25, 0.3) is 0 Å². The van der Waals surface area contributed by atoms with E-state index < -0.39 is 0 Å². The van der Waals surface area contributed by atoms with Gasteiger partial charge in [-0.05, 0) is 85.4 Å². The van der Waals surface area contributed by atoms with Gasteiger partial charge < -0.3 is 4.74 Å². The Balaban J connectivity index is 2.92. The molecule has 1 aliphatic heterocycles. The van der Waals surface area contributed by atoms with Crippen LogP contribution in [0.25, 0.3) is 0 Å².